The smallest absolute Gasteiger partial charge is 0.390 e. The first-order chi connectivity index (χ1) is 13.4. The third kappa shape index (κ3) is 4.65. The Kier molecular flexibility index (Phi) is 5.90. The van der Waals surface area contributed by atoms with E-state index in [9.17, 15) is 14.9 Å². The SMILES string of the molecule is Cc1cc([N+](=O)[O-])nn1CCNC(=O)c1ccn(COc2ccccc2Cl)n1. The number of amides is 1. The normalized spacial score (nSPS) is 10.6. The van der Waals surface area contributed by atoms with E-state index >= 15 is 0 Å². The molecule has 10 nitrogen and oxygen atoms in total. The van der Waals surface area contributed by atoms with Crippen LogP contribution in [0.1, 0.15) is 16.2 Å². The predicted molar refractivity (Wildman–Crippen MR) is 100 cm³/mol. The Balaban J connectivity index is 1.50. The van der Waals surface area contributed by atoms with Gasteiger partial charge in [-0.05, 0) is 30.0 Å². The summed E-state index contributed by atoms with van der Waals surface area (Å²) in [5, 5.41) is 21.9. The number of aryl methyl sites for hydroxylation is 1. The van der Waals surface area contributed by atoms with E-state index in [-0.39, 0.29) is 30.7 Å². The van der Waals surface area contributed by atoms with Crippen LogP contribution in [0.15, 0.2) is 42.6 Å². The Labute approximate surface area is 164 Å². The van der Waals surface area contributed by atoms with Gasteiger partial charge < -0.3 is 20.2 Å². The summed E-state index contributed by atoms with van der Waals surface area (Å²) in [4.78, 5) is 22.4. The number of hydrogen-bond acceptors (Lipinski definition) is 6. The Morgan fingerprint density at radius 1 is 1.32 bits per heavy atom. The van der Waals surface area contributed by atoms with Gasteiger partial charge in [-0.2, -0.15) is 9.78 Å². The lowest BCUT2D eigenvalue weighted by Crippen LogP contribution is -2.28. The number of nitrogens with one attached hydrogen (secondary N) is 1. The summed E-state index contributed by atoms with van der Waals surface area (Å²) in [6.07, 6.45) is 1.62. The Morgan fingerprint density at radius 3 is 2.82 bits per heavy atom. The zero-order chi connectivity index (χ0) is 20.1. The number of nitrogens with zero attached hydrogens (tertiary/aromatic N) is 5. The molecule has 2 aromatic heterocycles. The second-order valence-electron chi connectivity index (χ2n) is 5.82. The van der Waals surface area contributed by atoms with E-state index in [1.165, 1.54) is 15.4 Å². The lowest BCUT2D eigenvalue weighted by atomic mass is 10.3. The molecule has 3 rings (SSSR count). The van der Waals surface area contributed by atoms with Gasteiger partial charge in [0.1, 0.15) is 11.4 Å². The summed E-state index contributed by atoms with van der Waals surface area (Å²) in [5.74, 6) is -0.0637. The second kappa shape index (κ2) is 8.53. The van der Waals surface area contributed by atoms with Crippen molar-refractivity contribution in [3.05, 3.63) is 69.1 Å². The molecular formula is C17H17ClN6O4. The van der Waals surface area contributed by atoms with E-state index in [0.29, 0.717) is 23.0 Å². The van der Waals surface area contributed by atoms with Crippen LogP contribution in [0.25, 0.3) is 0 Å². The molecule has 11 heteroatoms. The average Bonchev–Trinajstić information content (AvgIpc) is 3.28. The Bertz CT molecular complexity index is 999. The van der Waals surface area contributed by atoms with Gasteiger partial charge in [0.25, 0.3) is 5.91 Å². The molecule has 0 aliphatic carbocycles. The molecule has 0 unspecified atom stereocenters. The molecule has 0 spiro atoms. The largest absolute Gasteiger partial charge is 0.470 e. The first-order valence-corrected chi connectivity index (χ1v) is 8.69. The molecular weight excluding hydrogens is 388 g/mol. The van der Waals surface area contributed by atoms with E-state index in [0.717, 1.165) is 0 Å². The highest BCUT2D eigenvalue weighted by Crippen LogP contribution is 2.23. The first kappa shape index (κ1) is 19.4. The van der Waals surface area contributed by atoms with Crippen molar-refractivity contribution in [1.29, 1.82) is 0 Å². The molecule has 1 aromatic carbocycles. The zero-order valence-electron chi connectivity index (χ0n) is 14.9. The number of benzene rings is 1. The van der Waals surface area contributed by atoms with Crippen LogP contribution >= 0.6 is 11.6 Å². The number of carbonyl (C=O) groups excluding carboxylic acids is 1. The molecule has 0 aliphatic rings. The number of carbonyl (C=O) groups is 1. The summed E-state index contributed by atoms with van der Waals surface area (Å²) in [7, 11) is 0. The summed E-state index contributed by atoms with van der Waals surface area (Å²) >= 11 is 6.02. The van der Waals surface area contributed by atoms with Crippen LogP contribution in [-0.2, 0) is 13.3 Å². The lowest BCUT2D eigenvalue weighted by molar-refractivity contribution is -0.389. The number of nitro groups is 1. The zero-order valence-corrected chi connectivity index (χ0v) is 15.7. The summed E-state index contributed by atoms with van der Waals surface area (Å²) in [6.45, 7) is 2.37. The highest BCUT2D eigenvalue weighted by molar-refractivity contribution is 6.32. The van der Waals surface area contributed by atoms with E-state index in [4.69, 9.17) is 16.3 Å². The molecule has 0 fully saturated rings. The molecule has 28 heavy (non-hydrogen) atoms. The Hall–Kier alpha value is -3.40. The number of aromatic nitrogens is 4. The molecule has 0 radical (unpaired) electrons. The number of halogens is 1. The van der Waals surface area contributed by atoms with Crippen molar-refractivity contribution in [3.63, 3.8) is 0 Å². The second-order valence-corrected chi connectivity index (χ2v) is 6.23. The number of rotatable bonds is 8. The summed E-state index contributed by atoms with van der Waals surface area (Å²) < 4.78 is 8.50. The van der Waals surface area contributed by atoms with Gasteiger partial charge in [0, 0.05) is 12.7 Å². The van der Waals surface area contributed by atoms with Gasteiger partial charge in [0.15, 0.2) is 6.73 Å². The lowest BCUT2D eigenvalue weighted by Gasteiger charge is -2.07. The Morgan fingerprint density at radius 2 is 2.11 bits per heavy atom. The highest BCUT2D eigenvalue weighted by atomic mass is 35.5. The molecule has 1 N–H and O–H groups in total. The molecule has 0 aliphatic heterocycles. The van der Waals surface area contributed by atoms with Crippen molar-refractivity contribution in [2.75, 3.05) is 6.54 Å². The topological polar surface area (TPSA) is 117 Å². The van der Waals surface area contributed by atoms with Crippen LogP contribution in [0.2, 0.25) is 5.02 Å². The van der Waals surface area contributed by atoms with Crippen molar-refractivity contribution >= 4 is 23.3 Å². The highest BCUT2D eigenvalue weighted by Gasteiger charge is 2.15. The minimum Gasteiger partial charge on any atom is -0.470 e. The number of para-hydroxylation sites is 1. The average molecular weight is 405 g/mol. The number of hydrogen-bond donors (Lipinski definition) is 1. The maximum Gasteiger partial charge on any atom is 0.390 e. The molecule has 0 atom stereocenters. The maximum atomic E-state index is 12.2. The van der Waals surface area contributed by atoms with Gasteiger partial charge in [-0.1, -0.05) is 23.7 Å². The maximum absolute atomic E-state index is 12.2. The van der Waals surface area contributed by atoms with Crippen LogP contribution in [0.4, 0.5) is 5.82 Å². The van der Waals surface area contributed by atoms with Crippen molar-refractivity contribution in [2.24, 2.45) is 0 Å². The minimum absolute atomic E-state index is 0.104. The van der Waals surface area contributed by atoms with Gasteiger partial charge in [0.2, 0.25) is 0 Å². The van der Waals surface area contributed by atoms with E-state index < -0.39 is 4.92 Å². The van der Waals surface area contributed by atoms with Crippen molar-refractivity contribution in [2.45, 2.75) is 20.2 Å². The van der Waals surface area contributed by atoms with E-state index in [1.54, 1.807) is 43.5 Å². The minimum atomic E-state index is -0.556. The molecule has 0 saturated carbocycles. The van der Waals surface area contributed by atoms with Gasteiger partial charge >= 0.3 is 5.82 Å². The van der Waals surface area contributed by atoms with Gasteiger partial charge in [-0.15, -0.1) is 0 Å². The van der Waals surface area contributed by atoms with Crippen LogP contribution in [-0.4, -0.2) is 36.9 Å². The number of ether oxygens (including phenoxy) is 1. The molecule has 0 saturated heterocycles. The van der Waals surface area contributed by atoms with Gasteiger partial charge in [-0.25, -0.2) is 4.68 Å². The van der Waals surface area contributed by atoms with Crippen LogP contribution < -0.4 is 10.1 Å². The molecule has 0 bridgehead atoms. The molecule has 1 amide bonds. The standard InChI is InChI=1S/C17H17ClN6O4/c1-12-10-16(24(26)27)21-23(12)9-7-19-17(25)14-6-8-22(20-14)11-28-15-5-3-2-4-13(15)18/h2-6,8,10H,7,9,11H2,1H3,(H,19,25). The van der Waals surface area contributed by atoms with Crippen molar-refractivity contribution in [1.82, 2.24) is 24.9 Å². The fourth-order valence-corrected chi connectivity index (χ4v) is 2.62. The fourth-order valence-electron chi connectivity index (χ4n) is 2.43. The van der Waals surface area contributed by atoms with Crippen LogP contribution in [0.3, 0.4) is 0 Å². The van der Waals surface area contributed by atoms with Crippen LogP contribution in [0, 0.1) is 17.0 Å². The van der Waals surface area contributed by atoms with Crippen molar-refractivity contribution in [3.8, 4) is 5.75 Å². The monoisotopic (exact) mass is 404 g/mol. The van der Waals surface area contributed by atoms with E-state index in [2.05, 4.69) is 15.5 Å². The third-order valence-electron chi connectivity index (χ3n) is 3.83. The summed E-state index contributed by atoms with van der Waals surface area (Å²) in [5.41, 5.74) is 0.868. The molecule has 3 aromatic rings. The van der Waals surface area contributed by atoms with Gasteiger partial charge in [-0.3, -0.25) is 4.79 Å². The van der Waals surface area contributed by atoms with Crippen LogP contribution in [0.5, 0.6) is 5.75 Å². The first-order valence-electron chi connectivity index (χ1n) is 8.32. The third-order valence-corrected chi connectivity index (χ3v) is 4.14. The fraction of sp³-hybridized carbons (Fsp3) is 0.235. The quantitative estimate of drug-likeness (QED) is 0.455. The molecule has 146 valence electrons. The predicted octanol–water partition coefficient (Wildman–Crippen LogP) is 2.42. The van der Waals surface area contributed by atoms with Gasteiger partial charge in [0.05, 0.1) is 28.4 Å². The van der Waals surface area contributed by atoms with Crippen molar-refractivity contribution < 1.29 is 14.5 Å². The molecule has 2 heterocycles. The van der Waals surface area contributed by atoms with E-state index in [1.807, 2.05) is 0 Å². The summed E-state index contributed by atoms with van der Waals surface area (Å²) in [6, 6.07) is 10.0.